The normalized spacial score (nSPS) is 31.6. The summed E-state index contributed by atoms with van der Waals surface area (Å²) in [6.45, 7) is 0.746. The fourth-order valence-electron chi connectivity index (χ4n) is 3.19. The molecule has 0 aromatic heterocycles. The summed E-state index contributed by atoms with van der Waals surface area (Å²) in [7, 11) is 0. The first-order valence-electron chi connectivity index (χ1n) is 6.94. The van der Waals surface area contributed by atoms with Crippen molar-refractivity contribution in [3.63, 3.8) is 0 Å². The first-order chi connectivity index (χ1) is 9.60. The van der Waals surface area contributed by atoms with E-state index in [1.165, 1.54) is 5.75 Å². The number of aliphatic hydroxyl groups is 1. The van der Waals surface area contributed by atoms with E-state index in [4.69, 9.17) is 16.3 Å². The molecular weight excluding hydrogens is 360 g/mol. The van der Waals surface area contributed by atoms with Gasteiger partial charge in [0, 0.05) is 21.9 Å². The Morgan fingerprint density at radius 2 is 2.35 bits per heavy atom. The van der Waals surface area contributed by atoms with Crippen LogP contribution in [-0.2, 0) is 4.74 Å². The quantitative estimate of drug-likeness (QED) is 0.826. The zero-order valence-corrected chi connectivity index (χ0v) is 14.3. The highest BCUT2D eigenvalue weighted by molar-refractivity contribution is 9.10. The lowest BCUT2D eigenvalue weighted by Crippen LogP contribution is -2.41. The zero-order valence-electron chi connectivity index (χ0n) is 11.1. The summed E-state index contributed by atoms with van der Waals surface area (Å²) in [4.78, 5) is 0. The molecule has 2 fully saturated rings. The fraction of sp³-hybridized carbons (Fsp3) is 0.600. The minimum Gasteiger partial charge on any atom is -0.388 e. The number of thioether (sulfide) groups is 1. The van der Waals surface area contributed by atoms with Crippen LogP contribution in [0.5, 0.6) is 0 Å². The van der Waals surface area contributed by atoms with Gasteiger partial charge in [-0.1, -0.05) is 33.6 Å². The molecule has 0 aliphatic carbocycles. The molecule has 2 saturated heterocycles. The van der Waals surface area contributed by atoms with Crippen LogP contribution in [0.2, 0.25) is 5.02 Å². The molecule has 110 valence electrons. The Labute approximate surface area is 137 Å². The minimum atomic E-state index is -0.498. The molecule has 0 radical (unpaired) electrons. The number of benzene rings is 1. The van der Waals surface area contributed by atoms with E-state index >= 15 is 0 Å². The van der Waals surface area contributed by atoms with Crippen LogP contribution in [0.4, 0.5) is 0 Å². The number of halogens is 2. The topological polar surface area (TPSA) is 29.5 Å². The molecular formula is C15H18BrClO2S. The minimum absolute atomic E-state index is 0.00357. The van der Waals surface area contributed by atoms with Crippen molar-refractivity contribution in [3.05, 3.63) is 33.3 Å². The van der Waals surface area contributed by atoms with Crippen molar-refractivity contribution in [2.24, 2.45) is 5.92 Å². The largest absolute Gasteiger partial charge is 0.388 e. The molecule has 2 aliphatic heterocycles. The fourth-order valence-corrected chi connectivity index (χ4v) is 5.36. The van der Waals surface area contributed by atoms with Crippen LogP contribution in [0.15, 0.2) is 22.7 Å². The Morgan fingerprint density at radius 1 is 1.50 bits per heavy atom. The molecule has 3 atom stereocenters. The third-order valence-corrected chi connectivity index (χ3v) is 6.37. The molecule has 3 rings (SSSR count). The Bertz CT molecular complexity index is 491. The van der Waals surface area contributed by atoms with E-state index in [9.17, 15) is 5.11 Å². The summed E-state index contributed by atoms with van der Waals surface area (Å²) < 4.78 is 6.96. The van der Waals surface area contributed by atoms with E-state index in [-0.39, 0.29) is 11.5 Å². The third-order valence-electron chi connectivity index (χ3n) is 4.33. The first kappa shape index (κ1) is 15.2. The molecule has 0 bridgehead atoms. The summed E-state index contributed by atoms with van der Waals surface area (Å²) in [5.74, 6) is 2.47. The maximum absolute atomic E-state index is 10.7. The second-order valence-electron chi connectivity index (χ2n) is 5.70. The third kappa shape index (κ3) is 3.05. The molecule has 1 aromatic carbocycles. The van der Waals surface area contributed by atoms with E-state index in [0.717, 1.165) is 41.7 Å². The second-order valence-corrected chi connectivity index (χ2v) is 8.13. The van der Waals surface area contributed by atoms with Gasteiger partial charge in [0.25, 0.3) is 0 Å². The van der Waals surface area contributed by atoms with E-state index in [2.05, 4.69) is 15.9 Å². The maximum atomic E-state index is 10.7. The molecule has 1 spiro atoms. The molecule has 2 aliphatic rings. The number of aliphatic hydroxyl groups excluding tert-OH is 1. The summed E-state index contributed by atoms with van der Waals surface area (Å²) in [5.41, 5.74) is 0.832. The number of hydrogen-bond acceptors (Lipinski definition) is 3. The average Bonchev–Trinajstić information content (AvgIpc) is 2.86. The van der Waals surface area contributed by atoms with Crippen molar-refractivity contribution in [3.8, 4) is 0 Å². The average molecular weight is 378 g/mol. The molecule has 3 unspecified atom stereocenters. The first-order valence-corrected chi connectivity index (χ1v) is 9.27. The van der Waals surface area contributed by atoms with E-state index in [1.807, 2.05) is 30.0 Å². The molecule has 2 nitrogen and oxygen atoms in total. The van der Waals surface area contributed by atoms with Crippen molar-refractivity contribution >= 4 is 39.3 Å². The van der Waals surface area contributed by atoms with Gasteiger partial charge in [-0.15, -0.1) is 0 Å². The van der Waals surface area contributed by atoms with Crippen molar-refractivity contribution in [2.75, 3.05) is 18.1 Å². The molecule has 2 heterocycles. The van der Waals surface area contributed by atoms with Crippen LogP contribution in [0.25, 0.3) is 0 Å². The smallest absolute Gasteiger partial charge is 0.0834 e. The summed E-state index contributed by atoms with van der Waals surface area (Å²) >= 11 is 11.6. The molecule has 5 heteroatoms. The van der Waals surface area contributed by atoms with Gasteiger partial charge in [-0.05, 0) is 48.6 Å². The Kier molecular flexibility index (Phi) is 4.68. The van der Waals surface area contributed by atoms with Gasteiger partial charge in [0.2, 0.25) is 0 Å². The maximum Gasteiger partial charge on any atom is 0.0834 e. The summed E-state index contributed by atoms with van der Waals surface area (Å²) in [6, 6.07) is 5.70. The lowest BCUT2D eigenvalue weighted by Gasteiger charge is -2.39. The van der Waals surface area contributed by atoms with Crippen LogP contribution in [0.3, 0.4) is 0 Å². The number of rotatable bonds is 2. The monoisotopic (exact) mass is 376 g/mol. The van der Waals surface area contributed by atoms with E-state index in [0.29, 0.717) is 5.02 Å². The number of hydrogen-bond donors (Lipinski definition) is 1. The van der Waals surface area contributed by atoms with Crippen molar-refractivity contribution in [1.82, 2.24) is 0 Å². The van der Waals surface area contributed by atoms with Crippen LogP contribution in [-0.4, -0.2) is 28.8 Å². The Morgan fingerprint density at radius 3 is 3.05 bits per heavy atom. The Hall–Kier alpha value is 0.260. The SMILES string of the molecule is OC(c1ccc(Br)cc1Cl)C1CCOC2(CCSC2)C1. The van der Waals surface area contributed by atoms with Crippen LogP contribution < -0.4 is 0 Å². The highest BCUT2D eigenvalue weighted by Gasteiger charge is 2.42. The van der Waals surface area contributed by atoms with Gasteiger partial charge in [0.1, 0.15) is 0 Å². The lowest BCUT2D eigenvalue weighted by molar-refractivity contribution is -0.102. The van der Waals surface area contributed by atoms with Crippen molar-refractivity contribution in [2.45, 2.75) is 31.0 Å². The predicted octanol–water partition coefficient (Wildman–Crippen LogP) is 4.44. The zero-order chi connectivity index (χ0) is 14.2. The van der Waals surface area contributed by atoms with Gasteiger partial charge in [-0.3, -0.25) is 0 Å². The lowest BCUT2D eigenvalue weighted by atomic mass is 9.80. The van der Waals surface area contributed by atoms with E-state index in [1.54, 1.807) is 0 Å². The van der Waals surface area contributed by atoms with Gasteiger partial charge in [0.15, 0.2) is 0 Å². The van der Waals surface area contributed by atoms with Crippen LogP contribution in [0, 0.1) is 5.92 Å². The highest BCUT2D eigenvalue weighted by Crippen LogP contribution is 2.44. The number of ether oxygens (including phenoxy) is 1. The Balaban J connectivity index is 1.77. The summed E-state index contributed by atoms with van der Waals surface area (Å²) in [5, 5.41) is 11.3. The van der Waals surface area contributed by atoms with Gasteiger partial charge in [-0.2, -0.15) is 11.8 Å². The van der Waals surface area contributed by atoms with Crippen LogP contribution >= 0.6 is 39.3 Å². The standard InChI is InChI=1S/C15H18BrClO2S/c16-11-1-2-12(13(17)7-11)14(18)10-3-5-19-15(8-10)4-6-20-9-15/h1-2,7,10,14,18H,3-6,8-9H2. The summed E-state index contributed by atoms with van der Waals surface area (Å²) in [6.07, 6.45) is 2.45. The van der Waals surface area contributed by atoms with Crippen molar-refractivity contribution < 1.29 is 9.84 Å². The van der Waals surface area contributed by atoms with E-state index < -0.39 is 6.10 Å². The van der Waals surface area contributed by atoms with Gasteiger partial charge >= 0.3 is 0 Å². The van der Waals surface area contributed by atoms with Gasteiger partial charge < -0.3 is 9.84 Å². The van der Waals surface area contributed by atoms with Gasteiger partial charge in [-0.25, -0.2) is 0 Å². The molecule has 0 amide bonds. The second kappa shape index (κ2) is 6.17. The highest BCUT2D eigenvalue weighted by atomic mass is 79.9. The molecule has 1 aromatic rings. The van der Waals surface area contributed by atoms with Crippen molar-refractivity contribution in [1.29, 1.82) is 0 Å². The van der Waals surface area contributed by atoms with Crippen LogP contribution in [0.1, 0.15) is 30.9 Å². The molecule has 1 N–H and O–H groups in total. The molecule has 20 heavy (non-hydrogen) atoms. The predicted molar refractivity (Wildman–Crippen MR) is 87.5 cm³/mol. The molecule has 0 saturated carbocycles. The van der Waals surface area contributed by atoms with Gasteiger partial charge in [0.05, 0.1) is 11.7 Å².